The van der Waals surface area contributed by atoms with E-state index >= 15 is 0 Å². The SMILES string of the molecule is CC(C)CCN1CCN(C(=O)OC(C)(C)C)C(C(O)C(N)Cc2ccccc2)C1. The highest BCUT2D eigenvalue weighted by Gasteiger charge is 2.39. The van der Waals surface area contributed by atoms with E-state index in [2.05, 4.69) is 18.7 Å². The lowest BCUT2D eigenvalue weighted by atomic mass is 9.94. The molecule has 1 aromatic carbocycles. The summed E-state index contributed by atoms with van der Waals surface area (Å²) in [5.41, 5.74) is 6.89. The van der Waals surface area contributed by atoms with E-state index < -0.39 is 17.7 Å². The first-order valence-corrected chi connectivity index (χ1v) is 10.8. The Morgan fingerprint density at radius 2 is 1.90 bits per heavy atom. The van der Waals surface area contributed by atoms with E-state index in [9.17, 15) is 9.90 Å². The summed E-state index contributed by atoms with van der Waals surface area (Å²) in [6.07, 6.45) is 0.444. The molecule has 0 saturated carbocycles. The van der Waals surface area contributed by atoms with E-state index in [0.29, 0.717) is 25.4 Å². The molecule has 3 N–H and O–H groups in total. The third-order valence-corrected chi connectivity index (χ3v) is 5.30. The van der Waals surface area contributed by atoms with Crippen LogP contribution in [0.25, 0.3) is 0 Å². The quantitative estimate of drug-likeness (QED) is 0.729. The molecule has 0 radical (unpaired) electrons. The number of rotatable bonds is 7. The molecule has 1 fully saturated rings. The Balaban J connectivity index is 2.12. The Bertz CT molecular complexity index is 630. The van der Waals surface area contributed by atoms with Gasteiger partial charge in [-0.25, -0.2) is 4.79 Å². The number of carbonyl (C=O) groups is 1. The summed E-state index contributed by atoms with van der Waals surface area (Å²) in [4.78, 5) is 16.8. The Morgan fingerprint density at radius 1 is 1.24 bits per heavy atom. The third-order valence-electron chi connectivity index (χ3n) is 5.30. The molecule has 0 bridgehead atoms. The van der Waals surface area contributed by atoms with Gasteiger partial charge in [0, 0.05) is 25.7 Å². The van der Waals surface area contributed by atoms with Crippen molar-refractivity contribution < 1.29 is 14.6 Å². The van der Waals surface area contributed by atoms with Gasteiger partial charge in [0.1, 0.15) is 5.60 Å². The van der Waals surface area contributed by atoms with Gasteiger partial charge in [-0.3, -0.25) is 9.80 Å². The topological polar surface area (TPSA) is 79.0 Å². The molecule has 1 aromatic rings. The fourth-order valence-corrected chi connectivity index (χ4v) is 3.65. The number of hydrogen-bond acceptors (Lipinski definition) is 5. The summed E-state index contributed by atoms with van der Waals surface area (Å²) < 4.78 is 5.61. The molecule has 3 atom stereocenters. The molecule has 164 valence electrons. The molecule has 1 heterocycles. The van der Waals surface area contributed by atoms with Gasteiger partial charge in [0.05, 0.1) is 12.1 Å². The molecule has 0 aromatic heterocycles. The van der Waals surface area contributed by atoms with Crippen LogP contribution in [0.1, 0.15) is 46.6 Å². The van der Waals surface area contributed by atoms with Crippen molar-refractivity contribution in [3.05, 3.63) is 35.9 Å². The molecule has 1 aliphatic rings. The Morgan fingerprint density at radius 3 is 2.48 bits per heavy atom. The van der Waals surface area contributed by atoms with Crippen LogP contribution >= 0.6 is 0 Å². The second-order valence-electron chi connectivity index (χ2n) is 9.57. The highest BCUT2D eigenvalue weighted by molar-refractivity contribution is 5.69. The zero-order valence-electron chi connectivity index (χ0n) is 18.7. The fourth-order valence-electron chi connectivity index (χ4n) is 3.65. The van der Waals surface area contributed by atoms with E-state index in [-0.39, 0.29) is 12.1 Å². The highest BCUT2D eigenvalue weighted by Crippen LogP contribution is 2.21. The normalized spacial score (nSPS) is 20.6. The number of piperazine rings is 1. The predicted molar refractivity (Wildman–Crippen MR) is 117 cm³/mol. The molecule has 29 heavy (non-hydrogen) atoms. The summed E-state index contributed by atoms with van der Waals surface area (Å²) in [5.74, 6) is 0.614. The van der Waals surface area contributed by atoms with Gasteiger partial charge in [-0.1, -0.05) is 44.2 Å². The van der Waals surface area contributed by atoms with Gasteiger partial charge < -0.3 is 15.6 Å². The summed E-state index contributed by atoms with van der Waals surface area (Å²) in [5, 5.41) is 11.1. The maximum atomic E-state index is 12.8. The minimum atomic E-state index is -0.829. The van der Waals surface area contributed by atoms with E-state index in [1.165, 1.54) is 0 Å². The van der Waals surface area contributed by atoms with Crippen LogP contribution in [0.3, 0.4) is 0 Å². The van der Waals surface area contributed by atoms with Crippen molar-refractivity contribution in [1.82, 2.24) is 9.80 Å². The number of benzene rings is 1. The minimum Gasteiger partial charge on any atom is -0.444 e. The summed E-state index contributed by atoms with van der Waals surface area (Å²) >= 11 is 0. The maximum absolute atomic E-state index is 12.8. The van der Waals surface area contributed by atoms with E-state index in [1.54, 1.807) is 4.90 Å². The molecule has 6 heteroatoms. The van der Waals surface area contributed by atoms with Crippen molar-refractivity contribution in [1.29, 1.82) is 0 Å². The summed E-state index contributed by atoms with van der Waals surface area (Å²) in [6.45, 7) is 12.9. The molecular weight excluding hydrogens is 366 g/mol. The number of nitrogens with two attached hydrogens (primary N) is 1. The number of amides is 1. The van der Waals surface area contributed by atoms with Crippen LogP contribution in [0.5, 0.6) is 0 Å². The zero-order valence-corrected chi connectivity index (χ0v) is 18.7. The van der Waals surface area contributed by atoms with Gasteiger partial charge >= 0.3 is 6.09 Å². The van der Waals surface area contributed by atoms with Crippen molar-refractivity contribution in [3.8, 4) is 0 Å². The molecule has 1 saturated heterocycles. The molecule has 1 amide bonds. The number of nitrogens with zero attached hydrogens (tertiary/aromatic N) is 2. The number of carbonyl (C=O) groups excluding carboxylic acids is 1. The first-order chi connectivity index (χ1) is 13.6. The Hall–Kier alpha value is -1.63. The lowest BCUT2D eigenvalue weighted by Crippen LogP contribution is -2.63. The molecule has 0 aliphatic carbocycles. The Kier molecular flexibility index (Phi) is 8.49. The molecule has 3 unspecified atom stereocenters. The lowest BCUT2D eigenvalue weighted by molar-refractivity contribution is -0.0380. The third kappa shape index (κ3) is 7.61. The van der Waals surface area contributed by atoms with Crippen LogP contribution < -0.4 is 5.73 Å². The maximum Gasteiger partial charge on any atom is 0.410 e. The second-order valence-corrected chi connectivity index (χ2v) is 9.57. The zero-order chi connectivity index (χ0) is 21.6. The van der Waals surface area contributed by atoms with Gasteiger partial charge in [-0.2, -0.15) is 0 Å². The number of aliphatic hydroxyl groups is 1. The smallest absolute Gasteiger partial charge is 0.410 e. The standard InChI is InChI=1S/C23H39N3O3/c1-17(2)11-12-25-13-14-26(22(28)29-23(3,4)5)20(16-25)21(27)19(24)15-18-9-7-6-8-10-18/h6-10,17,19-21,27H,11-16,24H2,1-5H3. The lowest BCUT2D eigenvalue weighted by Gasteiger charge is -2.44. The van der Waals surface area contributed by atoms with E-state index in [1.807, 2.05) is 51.1 Å². The average molecular weight is 406 g/mol. The van der Waals surface area contributed by atoms with Crippen molar-refractivity contribution >= 4 is 6.09 Å². The Labute approximate surface area is 176 Å². The van der Waals surface area contributed by atoms with Crippen LogP contribution in [0.15, 0.2) is 30.3 Å². The van der Waals surface area contributed by atoms with Gasteiger partial charge in [0.15, 0.2) is 0 Å². The van der Waals surface area contributed by atoms with Crippen molar-refractivity contribution in [2.45, 2.75) is 71.2 Å². The highest BCUT2D eigenvalue weighted by atomic mass is 16.6. The van der Waals surface area contributed by atoms with Crippen LogP contribution in [0, 0.1) is 5.92 Å². The van der Waals surface area contributed by atoms with Crippen LogP contribution in [0.2, 0.25) is 0 Å². The number of ether oxygens (including phenoxy) is 1. The average Bonchev–Trinajstić information content (AvgIpc) is 2.65. The van der Waals surface area contributed by atoms with Gasteiger partial charge in [0.2, 0.25) is 0 Å². The van der Waals surface area contributed by atoms with Gasteiger partial charge in [-0.05, 0) is 51.6 Å². The van der Waals surface area contributed by atoms with Crippen LogP contribution in [-0.2, 0) is 11.2 Å². The monoisotopic (exact) mass is 405 g/mol. The molecule has 2 rings (SSSR count). The largest absolute Gasteiger partial charge is 0.444 e. The van der Waals surface area contributed by atoms with Crippen molar-refractivity contribution in [3.63, 3.8) is 0 Å². The first-order valence-electron chi connectivity index (χ1n) is 10.8. The number of hydrogen-bond donors (Lipinski definition) is 2. The fraction of sp³-hybridized carbons (Fsp3) is 0.696. The predicted octanol–water partition coefficient (Wildman–Crippen LogP) is 2.88. The van der Waals surface area contributed by atoms with Crippen molar-refractivity contribution in [2.75, 3.05) is 26.2 Å². The van der Waals surface area contributed by atoms with Gasteiger partial charge in [0.25, 0.3) is 0 Å². The van der Waals surface area contributed by atoms with E-state index in [4.69, 9.17) is 10.5 Å². The molecule has 1 aliphatic heterocycles. The van der Waals surface area contributed by atoms with Crippen LogP contribution in [-0.4, -0.2) is 71.0 Å². The minimum absolute atomic E-state index is 0.378. The summed E-state index contributed by atoms with van der Waals surface area (Å²) in [7, 11) is 0. The van der Waals surface area contributed by atoms with Crippen LogP contribution in [0.4, 0.5) is 4.79 Å². The van der Waals surface area contributed by atoms with E-state index in [0.717, 1.165) is 25.1 Å². The van der Waals surface area contributed by atoms with Crippen molar-refractivity contribution in [2.24, 2.45) is 11.7 Å². The first kappa shape index (κ1) is 23.6. The molecular formula is C23H39N3O3. The van der Waals surface area contributed by atoms with Gasteiger partial charge in [-0.15, -0.1) is 0 Å². The molecule has 6 nitrogen and oxygen atoms in total. The number of aliphatic hydroxyl groups excluding tert-OH is 1. The molecule has 0 spiro atoms. The second kappa shape index (κ2) is 10.4. The summed E-state index contributed by atoms with van der Waals surface area (Å²) in [6, 6.07) is 9.07.